The van der Waals surface area contributed by atoms with Crippen molar-refractivity contribution in [1.82, 2.24) is 0 Å². The zero-order valence-electron chi connectivity index (χ0n) is 15.0. The maximum absolute atomic E-state index is 13.3. The number of nitro groups is 1. The Morgan fingerprint density at radius 3 is 2.34 bits per heavy atom. The van der Waals surface area contributed by atoms with Crippen LogP contribution in [0.5, 0.6) is 5.75 Å². The van der Waals surface area contributed by atoms with Gasteiger partial charge in [0.15, 0.2) is 5.76 Å². The van der Waals surface area contributed by atoms with Crippen molar-refractivity contribution in [3.05, 3.63) is 105 Å². The lowest BCUT2D eigenvalue weighted by atomic mass is 10.1. The van der Waals surface area contributed by atoms with Gasteiger partial charge in [-0.2, -0.15) is 0 Å². The highest BCUT2D eigenvalue weighted by molar-refractivity contribution is 5.81. The number of benzene rings is 3. The second kappa shape index (κ2) is 7.55. The van der Waals surface area contributed by atoms with E-state index in [0.29, 0.717) is 22.1 Å². The first kappa shape index (κ1) is 18.4. The molecule has 0 unspecified atom stereocenters. The van der Waals surface area contributed by atoms with Crippen LogP contribution in [-0.4, -0.2) is 4.92 Å². The van der Waals surface area contributed by atoms with Gasteiger partial charge in [0.2, 0.25) is 11.2 Å². The molecule has 0 fully saturated rings. The molecule has 0 atom stereocenters. The lowest BCUT2D eigenvalue weighted by Gasteiger charge is -2.12. The molecule has 0 aliphatic rings. The highest BCUT2D eigenvalue weighted by Crippen LogP contribution is 2.31. The van der Waals surface area contributed by atoms with E-state index in [1.165, 1.54) is 36.4 Å². The molecule has 29 heavy (non-hydrogen) atoms. The monoisotopic (exact) mass is 391 g/mol. The number of fused-ring (bicyclic) bond motifs is 1. The van der Waals surface area contributed by atoms with Crippen molar-refractivity contribution in [1.29, 1.82) is 0 Å². The fraction of sp³-hybridized carbons (Fsp3) is 0.0455. The van der Waals surface area contributed by atoms with Crippen LogP contribution in [0.15, 0.2) is 82.0 Å². The molecule has 3 aromatic carbocycles. The lowest BCUT2D eigenvalue weighted by molar-refractivity contribution is -0.384. The van der Waals surface area contributed by atoms with Crippen LogP contribution in [0.25, 0.3) is 22.3 Å². The van der Waals surface area contributed by atoms with Gasteiger partial charge in [0, 0.05) is 17.7 Å². The molecule has 1 aromatic heterocycles. The van der Waals surface area contributed by atoms with Crippen LogP contribution >= 0.6 is 0 Å². The number of non-ortho nitro benzene ring substituents is 1. The Morgan fingerprint density at radius 2 is 1.66 bits per heavy atom. The highest BCUT2D eigenvalue weighted by atomic mass is 19.1. The van der Waals surface area contributed by atoms with Crippen molar-refractivity contribution < 1.29 is 18.5 Å². The molecule has 0 spiro atoms. The summed E-state index contributed by atoms with van der Waals surface area (Å²) in [6, 6.07) is 18.1. The van der Waals surface area contributed by atoms with Crippen molar-refractivity contribution in [2.24, 2.45) is 0 Å². The Morgan fingerprint density at radius 1 is 0.966 bits per heavy atom. The maximum Gasteiger partial charge on any atom is 0.269 e. The molecule has 0 N–H and O–H groups in total. The molecule has 0 amide bonds. The SMILES string of the molecule is O=c1c(OCc2ccc([N+](=O)[O-])cc2)c(-c2ccc(F)cc2)oc2ccccc12. The number of halogens is 1. The van der Waals surface area contributed by atoms with Crippen molar-refractivity contribution in [2.45, 2.75) is 6.61 Å². The third kappa shape index (κ3) is 3.70. The first-order valence-corrected chi connectivity index (χ1v) is 8.71. The van der Waals surface area contributed by atoms with Crippen LogP contribution in [0, 0.1) is 15.9 Å². The summed E-state index contributed by atoms with van der Waals surface area (Å²) < 4.78 is 25.0. The first-order chi connectivity index (χ1) is 14.0. The molecule has 0 aliphatic heterocycles. The summed E-state index contributed by atoms with van der Waals surface area (Å²) in [5, 5.41) is 11.1. The summed E-state index contributed by atoms with van der Waals surface area (Å²) in [6.07, 6.45) is 0. The van der Waals surface area contributed by atoms with Gasteiger partial charge in [0.05, 0.1) is 10.3 Å². The Hall–Kier alpha value is -4.00. The summed E-state index contributed by atoms with van der Waals surface area (Å²) in [5.41, 5.74) is 1.14. The van der Waals surface area contributed by atoms with Crippen LogP contribution in [0.3, 0.4) is 0 Å². The zero-order valence-corrected chi connectivity index (χ0v) is 15.0. The second-order valence-electron chi connectivity index (χ2n) is 6.30. The van der Waals surface area contributed by atoms with Crippen molar-refractivity contribution in [2.75, 3.05) is 0 Å². The van der Waals surface area contributed by atoms with E-state index in [1.54, 1.807) is 36.4 Å². The van der Waals surface area contributed by atoms with E-state index >= 15 is 0 Å². The van der Waals surface area contributed by atoms with Crippen molar-refractivity contribution in [3.8, 4) is 17.1 Å². The van der Waals surface area contributed by atoms with Crippen LogP contribution in [0.4, 0.5) is 10.1 Å². The van der Waals surface area contributed by atoms with E-state index in [1.807, 2.05) is 0 Å². The van der Waals surface area contributed by atoms with Crippen LogP contribution in [-0.2, 0) is 6.61 Å². The largest absolute Gasteiger partial charge is 0.481 e. The topological polar surface area (TPSA) is 82.6 Å². The summed E-state index contributed by atoms with van der Waals surface area (Å²) in [5.74, 6) is -0.227. The summed E-state index contributed by atoms with van der Waals surface area (Å²) in [4.78, 5) is 23.3. The molecule has 4 rings (SSSR count). The van der Waals surface area contributed by atoms with Gasteiger partial charge >= 0.3 is 0 Å². The Labute approximate surface area is 163 Å². The molecular formula is C22H14FNO5. The number of rotatable bonds is 5. The van der Waals surface area contributed by atoms with Gasteiger partial charge in [-0.15, -0.1) is 0 Å². The van der Waals surface area contributed by atoms with E-state index in [9.17, 15) is 19.3 Å². The van der Waals surface area contributed by atoms with Crippen molar-refractivity contribution >= 4 is 16.7 Å². The first-order valence-electron chi connectivity index (χ1n) is 8.71. The van der Waals surface area contributed by atoms with E-state index in [-0.39, 0.29) is 29.2 Å². The molecule has 0 bridgehead atoms. The van der Waals surface area contributed by atoms with Gasteiger partial charge in [-0.25, -0.2) is 4.39 Å². The standard InChI is InChI=1S/C22H14FNO5/c23-16-9-7-15(8-10-16)21-22(20(25)18-3-1-2-4-19(18)29-21)28-13-14-5-11-17(12-6-14)24(26)27/h1-12H,13H2. The zero-order chi connectivity index (χ0) is 20.4. The normalized spacial score (nSPS) is 10.8. The number of nitro benzene ring substituents is 1. The summed E-state index contributed by atoms with van der Waals surface area (Å²) in [7, 11) is 0. The van der Waals surface area contributed by atoms with Gasteiger partial charge in [-0.1, -0.05) is 12.1 Å². The molecule has 7 heteroatoms. The summed E-state index contributed by atoms with van der Waals surface area (Å²) in [6.45, 7) is 0.00922. The Balaban J connectivity index is 1.76. The number of ether oxygens (including phenoxy) is 1. The summed E-state index contributed by atoms with van der Waals surface area (Å²) >= 11 is 0. The molecule has 6 nitrogen and oxygen atoms in total. The number of hydrogen-bond acceptors (Lipinski definition) is 5. The molecule has 4 aromatic rings. The van der Waals surface area contributed by atoms with Gasteiger partial charge in [-0.3, -0.25) is 14.9 Å². The lowest BCUT2D eigenvalue weighted by Crippen LogP contribution is -2.10. The van der Waals surface area contributed by atoms with E-state index in [4.69, 9.17) is 9.15 Å². The average Bonchev–Trinajstić information content (AvgIpc) is 2.74. The third-order valence-electron chi connectivity index (χ3n) is 4.39. The van der Waals surface area contributed by atoms with Gasteiger partial charge in [0.1, 0.15) is 18.0 Å². The predicted molar refractivity (Wildman–Crippen MR) is 105 cm³/mol. The minimum atomic E-state index is -0.491. The number of hydrogen-bond donors (Lipinski definition) is 0. The molecular weight excluding hydrogens is 377 g/mol. The van der Waals surface area contributed by atoms with E-state index < -0.39 is 10.7 Å². The Bertz CT molecular complexity index is 1250. The molecule has 0 radical (unpaired) electrons. The van der Waals surface area contributed by atoms with Crippen LogP contribution < -0.4 is 10.2 Å². The minimum absolute atomic E-state index is 0.00587. The number of nitrogens with zero attached hydrogens (tertiary/aromatic N) is 1. The second-order valence-corrected chi connectivity index (χ2v) is 6.30. The fourth-order valence-electron chi connectivity index (χ4n) is 2.92. The fourth-order valence-corrected chi connectivity index (χ4v) is 2.92. The highest BCUT2D eigenvalue weighted by Gasteiger charge is 2.18. The number of para-hydroxylation sites is 1. The van der Waals surface area contributed by atoms with Gasteiger partial charge in [-0.05, 0) is 54.1 Å². The van der Waals surface area contributed by atoms with E-state index in [0.717, 1.165) is 0 Å². The van der Waals surface area contributed by atoms with Crippen molar-refractivity contribution in [3.63, 3.8) is 0 Å². The van der Waals surface area contributed by atoms with Crippen LogP contribution in [0.2, 0.25) is 0 Å². The molecule has 0 saturated heterocycles. The third-order valence-corrected chi connectivity index (χ3v) is 4.39. The predicted octanol–water partition coefficient (Wildman–Crippen LogP) is 5.09. The average molecular weight is 391 g/mol. The Kier molecular flexibility index (Phi) is 4.78. The molecule has 0 saturated carbocycles. The van der Waals surface area contributed by atoms with Gasteiger partial charge < -0.3 is 9.15 Å². The van der Waals surface area contributed by atoms with Gasteiger partial charge in [0.25, 0.3) is 5.69 Å². The quantitative estimate of drug-likeness (QED) is 0.350. The molecule has 1 heterocycles. The van der Waals surface area contributed by atoms with Crippen LogP contribution in [0.1, 0.15) is 5.56 Å². The molecule has 0 aliphatic carbocycles. The molecule has 144 valence electrons. The maximum atomic E-state index is 13.3. The smallest absolute Gasteiger partial charge is 0.269 e. The minimum Gasteiger partial charge on any atom is -0.481 e. The van der Waals surface area contributed by atoms with E-state index in [2.05, 4.69) is 0 Å².